The SMILES string of the molecule is C=C1C2(C)CC3C(C)=C4CC(=O)OC(C)(C)C4=CCC3(C)C1(C(=O)OC)C(=O)C(C)(O)C2=O. The highest BCUT2D eigenvalue weighted by molar-refractivity contribution is 6.26. The Labute approximate surface area is 193 Å². The molecule has 0 amide bonds. The van der Waals surface area contributed by atoms with Gasteiger partial charge in [-0.2, -0.15) is 0 Å². The lowest BCUT2D eigenvalue weighted by Gasteiger charge is -2.63. The molecule has 4 rings (SSSR count). The maximum Gasteiger partial charge on any atom is 0.324 e. The van der Waals surface area contributed by atoms with Crippen molar-refractivity contribution in [3.05, 3.63) is 34.9 Å². The normalized spacial score (nSPS) is 42.1. The highest BCUT2D eigenvalue weighted by Crippen LogP contribution is 2.70. The third kappa shape index (κ3) is 2.49. The summed E-state index contributed by atoms with van der Waals surface area (Å²) in [6.07, 6.45) is 2.55. The maximum atomic E-state index is 14.0. The van der Waals surface area contributed by atoms with E-state index in [9.17, 15) is 24.3 Å². The van der Waals surface area contributed by atoms with E-state index in [1.165, 1.54) is 14.0 Å². The molecule has 178 valence electrons. The molecular formula is C26H32O7. The van der Waals surface area contributed by atoms with E-state index in [0.717, 1.165) is 16.7 Å². The summed E-state index contributed by atoms with van der Waals surface area (Å²) in [7, 11) is 1.20. The maximum absolute atomic E-state index is 14.0. The van der Waals surface area contributed by atoms with Crippen LogP contribution in [0.3, 0.4) is 0 Å². The first kappa shape index (κ1) is 23.6. The van der Waals surface area contributed by atoms with Gasteiger partial charge < -0.3 is 14.6 Å². The fraction of sp³-hybridized carbons (Fsp3) is 0.615. The van der Waals surface area contributed by atoms with Crippen LogP contribution >= 0.6 is 0 Å². The molecule has 0 aromatic rings. The number of Topliss-reactive ketones (excluding diaryl/α,β-unsaturated/α-hetero) is 2. The molecule has 33 heavy (non-hydrogen) atoms. The van der Waals surface area contributed by atoms with Crippen LogP contribution in [-0.2, 0) is 28.7 Å². The van der Waals surface area contributed by atoms with E-state index in [1.54, 1.807) is 6.92 Å². The van der Waals surface area contributed by atoms with Gasteiger partial charge in [-0.3, -0.25) is 19.2 Å². The second-order valence-corrected chi connectivity index (χ2v) is 11.1. The van der Waals surface area contributed by atoms with Crippen LogP contribution in [0.4, 0.5) is 0 Å². The summed E-state index contributed by atoms with van der Waals surface area (Å²) in [4.78, 5) is 53.5. The first-order chi connectivity index (χ1) is 15.0. The minimum atomic E-state index is -2.36. The molecule has 7 heteroatoms. The van der Waals surface area contributed by atoms with Crippen LogP contribution < -0.4 is 0 Å². The molecule has 1 aliphatic heterocycles. The van der Waals surface area contributed by atoms with E-state index in [0.29, 0.717) is 0 Å². The van der Waals surface area contributed by atoms with E-state index >= 15 is 0 Å². The van der Waals surface area contributed by atoms with Crippen molar-refractivity contribution in [1.82, 2.24) is 0 Å². The number of ether oxygens (including phenoxy) is 2. The molecule has 3 aliphatic carbocycles. The van der Waals surface area contributed by atoms with Crippen LogP contribution in [0, 0.1) is 22.2 Å². The smallest absolute Gasteiger partial charge is 0.324 e. The summed E-state index contributed by atoms with van der Waals surface area (Å²) in [5, 5.41) is 11.1. The Morgan fingerprint density at radius 1 is 1.15 bits per heavy atom. The molecule has 1 heterocycles. The zero-order chi connectivity index (χ0) is 24.9. The second-order valence-electron chi connectivity index (χ2n) is 11.1. The zero-order valence-electron chi connectivity index (χ0n) is 20.4. The molecule has 3 fully saturated rings. The van der Waals surface area contributed by atoms with Crippen molar-refractivity contribution < 1.29 is 33.8 Å². The van der Waals surface area contributed by atoms with Crippen molar-refractivity contribution in [2.45, 2.75) is 72.0 Å². The molecule has 5 unspecified atom stereocenters. The standard InChI is InChI=1S/C26H32O7/c1-13-15-11-18(27)33-22(3,4)16(15)9-10-24(6)17(13)12-23(5)14(2)26(24,21(30)32-8)20(29)25(7,31)19(23)28/h9,17,31H,2,10-12H2,1,3-8H3. The molecule has 7 nitrogen and oxygen atoms in total. The summed E-state index contributed by atoms with van der Waals surface area (Å²) < 4.78 is 10.8. The van der Waals surface area contributed by atoms with Gasteiger partial charge in [0.05, 0.1) is 18.9 Å². The second kappa shape index (κ2) is 6.53. The highest BCUT2D eigenvalue weighted by atomic mass is 16.6. The number of esters is 2. The fourth-order valence-electron chi connectivity index (χ4n) is 7.16. The van der Waals surface area contributed by atoms with Gasteiger partial charge in [-0.1, -0.05) is 25.2 Å². The summed E-state index contributed by atoms with van der Waals surface area (Å²) in [6.45, 7) is 14.3. The summed E-state index contributed by atoms with van der Waals surface area (Å²) >= 11 is 0. The minimum Gasteiger partial charge on any atom is -0.468 e. The average Bonchev–Trinajstić information content (AvgIpc) is 2.82. The number of carbonyl (C=O) groups excluding carboxylic acids is 4. The lowest BCUT2D eigenvalue weighted by atomic mass is 9.36. The molecule has 4 aliphatic rings. The van der Waals surface area contributed by atoms with Gasteiger partial charge in [-0.05, 0) is 70.1 Å². The van der Waals surface area contributed by atoms with Crippen molar-refractivity contribution in [2.75, 3.05) is 7.11 Å². The first-order valence-corrected chi connectivity index (χ1v) is 11.3. The van der Waals surface area contributed by atoms with Crippen LogP contribution in [-0.4, -0.2) is 46.9 Å². The molecule has 0 spiro atoms. The van der Waals surface area contributed by atoms with Crippen LogP contribution in [0.2, 0.25) is 0 Å². The molecule has 1 saturated heterocycles. The highest BCUT2D eigenvalue weighted by Gasteiger charge is 2.78. The number of ketones is 2. The van der Waals surface area contributed by atoms with Gasteiger partial charge in [0, 0.05) is 5.41 Å². The minimum absolute atomic E-state index is 0.0795. The van der Waals surface area contributed by atoms with Crippen LogP contribution in [0.15, 0.2) is 34.9 Å². The fourth-order valence-corrected chi connectivity index (χ4v) is 7.16. The Hall–Kier alpha value is -2.54. The number of hydrogen-bond donors (Lipinski definition) is 1. The Balaban J connectivity index is 2.10. The molecule has 2 saturated carbocycles. The van der Waals surface area contributed by atoms with E-state index < -0.39 is 50.9 Å². The molecule has 0 radical (unpaired) electrons. The van der Waals surface area contributed by atoms with Crippen molar-refractivity contribution in [1.29, 1.82) is 0 Å². The Kier molecular flexibility index (Phi) is 4.67. The molecule has 1 N–H and O–H groups in total. The van der Waals surface area contributed by atoms with E-state index in [4.69, 9.17) is 9.47 Å². The predicted octanol–water partition coefficient (Wildman–Crippen LogP) is 3.01. The van der Waals surface area contributed by atoms with Crippen molar-refractivity contribution >= 4 is 23.5 Å². The van der Waals surface area contributed by atoms with E-state index in [2.05, 4.69) is 6.58 Å². The number of methoxy groups -OCH3 is 1. The third-order valence-corrected chi connectivity index (χ3v) is 8.97. The first-order valence-electron chi connectivity index (χ1n) is 11.3. The largest absolute Gasteiger partial charge is 0.468 e. The van der Waals surface area contributed by atoms with E-state index in [1.807, 2.05) is 33.8 Å². The molecule has 2 bridgehead atoms. The lowest BCUT2D eigenvalue weighted by Crippen LogP contribution is -2.74. The van der Waals surface area contributed by atoms with Crippen molar-refractivity contribution in [2.24, 2.45) is 22.2 Å². The van der Waals surface area contributed by atoms with Gasteiger partial charge in [0.15, 0.2) is 22.6 Å². The van der Waals surface area contributed by atoms with E-state index in [-0.39, 0.29) is 30.8 Å². The Morgan fingerprint density at radius 3 is 2.33 bits per heavy atom. The zero-order valence-corrected chi connectivity index (χ0v) is 20.4. The number of carbonyl (C=O) groups is 4. The monoisotopic (exact) mass is 456 g/mol. The van der Waals surface area contributed by atoms with Crippen LogP contribution in [0.5, 0.6) is 0 Å². The molecule has 5 atom stereocenters. The summed E-state index contributed by atoms with van der Waals surface area (Å²) in [5.41, 5.74) is -4.89. The van der Waals surface area contributed by atoms with Gasteiger partial charge in [0.25, 0.3) is 0 Å². The molecule has 0 aromatic carbocycles. The molecular weight excluding hydrogens is 424 g/mol. The molecule has 0 aromatic heterocycles. The Bertz CT molecular complexity index is 1090. The predicted molar refractivity (Wildman–Crippen MR) is 119 cm³/mol. The van der Waals surface area contributed by atoms with Crippen LogP contribution in [0.1, 0.15) is 60.8 Å². The van der Waals surface area contributed by atoms with Crippen LogP contribution in [0.25, 0.3) is 0 Å². The lowest BCUT2D eigenvalue weighted by molar-refractivity contribution is -0.192. The number of cyclic esters (lactones) is 1. The van der Waals surface area contributed by atoms with Gasteiger partial charge in [-0.25, -0.2) is 0 Å². The summed E-state index contributed by atoms with van der Waals surface area (Å²) in [5.74, 6) is -3.14. The summed E-state index contributed by atoms with van der Waals surface area (Å²) in [6, 6.07) is 0. The van der Waals surface area contributed by atoms with Gasteiger partial charge >= 0.3 is 11.9 Å². The van der Waals surface area contributed by atoms with Crippen molar-refractivity contribution in [3.8, 4) is 0 Å². The number of allylic oxidation sites excluding steroid dienone is 2. The van der Waals surface area contributed by atoms with Gasteiger partial charge in [0.1, 0.15) is 5.60 Å². The Morgan fingerprint density at radius 2 is 1.76 bits per heavy atom. The number of hydrogen-bond acceptors (Lipinski definition) is 7. The number of rotatable bonds is 1. The number of aliphatic hydroxyl groups is 1. The third-order valence-electron chi connectivity index (χ3n) is 8.97. The van der Waals surface area contributed by atoms with Crippen molar-refractivity contribution in [3.63, 3.8) is 0 Å². The quantitative estimate of drug-likeness (QED) is 0.367. The van der Waals surface area contributed by atoms with Gasteiger partial charge in [0.2, 0.25) is 0 Å². The van der Waals surface area contributed by atoms with Gasteiger partial charge in [-0.15, -0.1) is 0 Å². The number of fused-ring (bicyclic) bond motifs is 5. The average molecular weight is 457 g/mol. The topological polar surface area (TPSA) is 107 Å².